The van der Waals surface area contributed by atoms with E-state index in [9.17, 15) is 4.79 Å². The first-order chi connectivity index (χ1) is 4.77. The van der Waals surface area contributed by atoms with Crippen LogP contribution in [0.25, 0.3) is 0 Å². The number of carbonyl (C=O) groups excluding carboxylic acids is 1. The Morgan fingerprint density at radius 3 is 2.30 bits per heavy atom. The second kappa shape index (κ2) is 11.3. The molecule has 3 nitrogen and oxygen atoms in total. The minimum atomic E-state index is -0.182. The van der Waals surface area contributed by atoms with Crippen molar-refractivity contribution in [2.75, 3.05) is 6.61 Å². The summed E-state index contributed by atoms with van der Waals surface area (Å²) in [6.07, 6.45) is 2.05. The van der Waals surface area contributed by atoms with Crippen LogP contribution in [0.3, 0.4) is 0 Å². The first-order valence-electron chi connectivity index (χ1n) is 3.11. The summed E-state index contributed by atoms with van der Waals surface area (Å²) in [6.45, 7) is 4.06. The molecule has 0 unspecified atom stereocenters. The normalized spacial score (nSPS) is 7.40. The number of rotatable bonds is 3. The summed E-state index contributed by atoms with van der Waals surface area (Å²) in [4.78, 5) is 10.1. The fourth-order valence-corrected chi connectivity index (χ4v) is 0.360. The second-order valence-electron chi connectivity index (χ2n) is 1.69. The van der Waals surface area contributed by atoms with Crippen LogP contribution in [0.15, 0.2) is 0 Å². The first-order valence-corrected chi connectivity index (χ1v) is 3.52. The summed E-state index contributed by atoms with van der Waals surface area (Å²) in [7, 11) is 1.72. The summed E-state index contributed by atoms with van der Waals surface area (Å²) in [5, 5.41) is 0. The SMILES string of the molecule is CCCCOC(C)=O.O=[Si]. The smallest absolute Gasteiger partial charge is 0.381 e. The number of carbonyl (C=O) groups is 1. The van der Waals surface area contributed by atoms with Gasteiger partial charge >= 0.3 is 16.1 Å². The van der Waals surface area contributed by atoms with Crippen LogP contribution in [0.1, 0.15) is 26.7 Å². The van der Waals surface area contributed by atoms with Crippen molar-refractivity contribution < 1.29 is 14.0 Å². The van der Waals surface area contributed by atoms with Gasteiger partial charge in [0.1, 0.15) is 0 Å². The van der Waals surface area contributed by atoms with E-state index in [1.807, 2.05) is 0 Å². The van der Waals surface area contributed by atoms with Gasteiger partial charge in [-0.15, -0.1) is 0 Å². The van der Waals surface area contributed by atoms with Crippen LogP contribution in [-0.2, 0) is 14.0 Å². The van der Waals surface area contributed by atoms with Crippen LogP contribution in [-0.4, -0.2) is 22.7 Å². The summed E-state index contributed by atoms with van der Waals surface area (Å²) >= 11 is 0. The average Bonchev–Trinajstić information content (AvgIpc) is 1.92. The second-order valence-corrected chi connectivity index (χ2v) is 1.69. The zero-order valence-corrected chi connectivity index (χ0v) is 7.35. The van der Waals surface area contributed by atoms with Gasteiger partial charge in [0.15, 0.2) is 0 Å². The standard InChI is InChI=1S/C6H12O2.OSi/c1-3-4-5-8-6(2)7;1-2/h3-5H2,1-2H3;. The topological polar surface area (TPSA) is 43.4 Å². The lowest BCUT2D eigenvalue weighted by Crippen LogP contribution is -1.99. The van der Waals surface area contributed by atoms with Crippen molar-refractivity contribution in [2.45, 2.75) is 26.7 Å². The third kappa shape index (κ3) is 15.6. The van der Waals surface area contributed by atoms with Crippen molar-refractivity contribution in [2.24, 2.45) is 0 Å². The fourth-order valence-electron chi connectivity index (χ4n) is 0.360. The summed E-state index contributed by atoms with van der Waals surface area (Å²) in [5.74, 6) is -0.182. The lowest BCUT2D eigenvalue weighted by atomic mass is 10.4. The van der Waals surface area contributed by atoms with Crippen LogP contribution in [0.2, 0.25) is 0 Å². The van der Waals surface area contributed by atoms with Crippen molar-refractivity contribution in [3.63, 3.8) is 0 Å². The lowest BCUT2D eigenvalue weighted by Gasteiger charge is -1.96. The zero-order valence-electron chi connectivity index (χ0n) is 6.35. The Hall–Kier alpha value is -0.513. The highest BCUT2D eigenvalue weighted by Gasteiger charge is 1.88. The number of ether oxygens (including phenoxy) is 1. The van der Waals surface area contributed by atoms with Gasteiger partial charge < -0.3 is 9.20 Å². The molecule has 0 spiro atoms. The molecule has 10 heavy (non-hydrogen) atoms. The fraction of sp³-hybridized carbons (Fsp3) is 0.833. The monoisotopic (exact) mass is 160 g/mol. The molecular formula is C6H12O3Si. The Labute approximate surface area is 64.2 Å². The Morgan fingerprint density at radius 1 is 1.50 bits per heavy atom. The van der Waals surface area contributed by atoms with Crippen LogP contribution in [0, 0.1) is 0 Å². The first kappa shape index (κ1) is 12.2. The average molecular weight is 160 g/mol. The van der Waals surface area contributed by atoms with Crippen LogP contribution in [0.5, 0.6) is 0 Å². The van der Waals surface area contributed by atoms with E-state index in [1.54, 1.807) is 10.1 Å². The molecule has 0 N–H and O–H groups in total. The van der Waals surface area contributed by atoms with E-state index in [4.69, 9.17) is 4.46 Å². The molecule has 2 radical (unpaired) electrons. The van der Waals surface area contributed by atoms with Crippen molar-refractivity contribution in [3.05, 3.63) is 0 Å². The quantitative estimate of drug-likeness (QED) is 0.349. The molecule has 0 aromatic carbocycles. The van der Waals surface area contributed by atoms with Crippen molar-refractivity contribution in [3.8, 4) is 0 Å². The van der Waals surface area contributed by atoms with E-state index in [1.165, 1.54) is 6.92 Å². The van der Waals surface area contributed by atoms with Gasteiger partial charge in [0.2, 0.25) is 0 Å². The molecule has 0 fully saturated rings. The molecule has 0 heterocycles. The van der Waals surface area contributed by atoms with Gasteiger partial charge in [-0.3, -0.25) is 4.79 Å². The molecule has 0 saturated heterocycles. The van der Waals surface area contributed by atoms with Crippen LogP contribution < -0.4 is 0 Å². The molecular weight excluding hydrogens is 148 g/mol. The lowest BCUT2D eigenvalue weighted by molar-refractivity contribution is -0.141. The van der Waals surface area contributed by atoms with E-state index in [0.717, 1.165) is 12.8 Å². The van der Waals surface area contributed by atoms with E-state index in [0.29, 0.717) is 6.61 Å². The Bertz CT molecular complexity index is 85.1. The maximum absolute atomic E-state index is 10.1. The summed E-state index contributed by atoms with van der Waals surface area (Å²) in [6, 6.07) is 0. The van der Waals surface area contributed by atoms with E-state index < -0.39 is 0 Å². The number of hydrogen-bond acceptors (Lipinski definition) is 3. The highest BCUT2D eigenvalue weighted by Crippen LogP contribution is 1.86. The highest BCUT2D eigenvalue weighted by molar-refractivity contribution is 5.85. The number of esters is 1. The molecule has 0 amide bonds. The van der Waals surface area contributed by atoms with Gasteiger partial charge in [-0.2, -0.15) is 0 Å². The van der Waals surface area contributed by atoms with Crippen LogP contribution >= 0.6 is 0 Å². The Balaban J connectivity index is 0. The van der Waals surface area contributed by atoms with Gasteiger partial charge in [0.25, 0.3) is 0 Å². The van der Waals surface area contributed by atoms with Gasteiger partial charge in [0, 0.05) is 6.92 Å². The minimum Gasteiger partial charge on any atom is -0.466 e. The summed E-state index contributed by atoms with van der Waals surface area (Å²) < 4.78 is 12.7. The van der Waals surface area contributed by atoms with Crippen molar-refractivity contribution in [1.29, 1.82) is 0 Å². The van der Waals surface area contributed by atoms with E-state index >= 15 is 0 Å². The third-order valence-electron chi connectivity index (χ3n) is 0.803. The summed E-state index contributed by atoms with van der Waals surface area (Å²) in [5.41, 5.74) is 0. The van der Waals surface area contributed by atoms with Gasteiger partial charge in [-0.05, 0) is 6.42 Å². The maximum Gasteiger partial charge on any atom is 0.381 e. The molecule has 0 aliphatic rings. The molecule has 0 bridgehead atoms. The molecule has 0 aromatic rings. The molecule has 0 aromatic heterocycles. The van der Waals surface area contributed by atoms with Gasteiger partial charge in [-0.1, -0.05) is 13.3 Å². The van der Waals surface area contributed by atoms with E-state index in [2.05, 4.69) is 11.7 Å². The molecule has 58 valence electrons. The van der Waals surface area contributed by atoms with Crippen molar-refractivity contribution >= 4 is 16.1 Å². The number of unbranched alkanes of at least 4 members (excludes halogenated alkanes) is 1. The molecule has 0 aliphatic carbocycles. The van der Waals surface area contributed by atoms with Gasteiger partial charge in [-0.25, -0.2) is 0 Å². The zero-order chi connectivity index (χ0) is 8.41. The molecule has 0 rings (SSSR count). The molecule has 4 heteroatoms. The van der Waals surface area contributed by atoms with Crippen LogP contribution in [0.4, 0.5) is 0 Å². The number of hydrogen-bond donors (Lipinski definition) is 0. The highest BCUT2D eigenvalue weighted by atomic mass is 28.1. The largest absolute Gasteiger partial charge is 0.466 e. The third-order valence-corrected chi connectivity index (χ3v) is 0.803. The Kier molecular flexibility index (Phi) is 13.8. The minimum absolute atomic E-state index is 0.182. The predicted octanol–water partition coefficient (Wildman–Crippen LogP) is 0.850. The van der Waals surface area contributed by atoms with Crippen molar-refractivity contribution in [1.82, 2.24) is 0 Å². The predicted molar refractivity (Wildman–Crippen MR) is 38.0 cm³/mol. The maximum atomic E-state index is 10.1. The molecule has 0 atom stereocenters. The molecule has 0 aliphatic heterocycles. The Morgan fingerprint density at radius 2 is 2.00 bits per heavy atom. The molecule has 0 saturated carbocycles. The van der Waals surface area contributed by atoms with Gasteiger partial charge in [0.05, 0.1) is 6.61 Å². The van der Waals surface area contributed by atoms with E-state index in [-0.39, 0.29) is 5.97 Å².